The van der Waals surface area contributed by atoms with Crippen LogP contribution in [0.4, 0.5) is 5.69 Å². The van der Waals surface area contributed by atoms with Crippen molar-refractivity contribution in [1.82, 2.24) is 0 Å². The molecule has 2 rings (SSSR count). The normalized spacial score (nSPS) is 13.8. The summed E-state index contributed by atoms with van der Waals surface area (Å²) in [5, 5.41) is 0. The molecule has 0 amide bonds. The molecule has 9 heavy (non-hydrogen) atoms. The van der Waals surface area contributed by atoms with Gasteiger partial charge in [0.05, 0.1) is 5.69 Å². The maximum atomic E-state index is 5.07. The molecule has 45 valence electrons. The molecule has 1 radical (unpaired) electrons. The van der Waals surface area contributed by atoms with E-state index in [4.69, 9.17) is 4.18 Å². The largest absolute Gasteiger partial charge is 0.403 e. The number of hydrogen-bond donors (Lipinski definition) is 1. The third kappa shape index (κ3) is 0.733. The van der Waals surface area contributed by atoms with E-state index in [1.54, 1.807) is 0 Å². The lowest BCUT2D eigenvalue weighted by molar-refractivity contribution is 0.665. The summed E-state index contributed by atoms with van der Waals surface area (Å²) in [6, 6.07) is 8.64. The fourth-order valence-electron chi connectivity index (χ4n) is 0.678. The maximum absolute atomic E-state index is 5.07. The van der Waals surface area contributed by atoms with Crippen LogP contribution < -0.4 is 8.91 Å². The lowest BCUT2D eigenvalue weighted by atomic mass is 10.3. The second kappa shape index (κ2) is 1.84. The monoisotopic (exact) mass is 138 g/mol. The molecular formula is C6H4NOS. The minimum atomic E-state index is 0.863. The Morgan fingerprint density at radius 2 is 2.67 bits per heavy atom. The van der Waals surface area contributed by atoms with Crippen molar-refractivity contribution >= 4 is 17.9 Å². The molecule has 2 nitrogen and oxygen atoms in total. The maximum Gasteiger partial charge on any atom is 0.176 e. The predicted molar refractivity (Wildman–Crippen MR) is 37.1 cm³/mol. The summed E-state index contributed by atoms with van der Waals surface area (Å²) in [4.78, 5) is 0. The van der Waals surface area contributed by atoms with Crippen molar-refractivity contribution in [2.75, 3.05) is 4.72 Å². The Hall–Kier alpha value is -0.830. The molecule has 0 spiro atoms. The smallest absolute Gasteiger partial charge is 0.176 e. The Morgan fingerprint density at radius 3 is 3.56 bits per heavy atom. The standard InChI is InChI=1S/C6H4NOS/c1-2-4-6-5(3-1)7-9-8-6/h1-2,4,7H. The molecule has 3 heteroatoms. The third-order valence-corrected chi connectivity index (χ3v) is 1.64. The molecule has 0 unspecified atom stereocenters. The fraction of sp³-hybridized carbons (Fsp3) is 0. The van der Waals surface area contributed by atoms with Crippen LogP contribution in [0.2, 0.25) is 0 Å². The van der Waals surface area contributed by atoms with Crippen molar-refractivity contribution in [3.63, 3.8) is 0 Å². The first-order valence-corrected chi connectivity index (χ1v) is 3.31. The second-order valence-corrected chi connectivity index (χ2v) is 2.22. The van der Waals surface area contributed by atoms with Crippen LogP contribution in [0.15, 0.2) is 18.2 Å². The van der Waals surface area contributed by atoms with Crippen molar-refractivity contribution in [3.8, 4) is 5.75 Å². The van der Waals surface area contributed by atoms with Crippen LogP contribution in [-0.2, 0) is 0 Å². The minimum Gasteiger partial charge on any atom is -0.403 e. The van der Waals surface area contributed by atoms with Crippen molar-refractivity contribution in [2.24, 2.45) is 0 Å². The van der Waals surface area contributed by atoms with Gasteiger partial charge in [0.2, 0.25) is 0 Å². The number of nitrogens with one attached hydrogen (secondary N) is 1. The predicted octanol–water partition coefficient (Wildman–Crippen LogP) is 1.85. The zero-order valence-electron chi connectivity index (χ0n) is 4.55. The van der Waals surface area contributed by atoms with Gasteiger partial charge in [-0.2, -0.15) is 0 Å². The number of para-hydroxylation sites is 1. The molecule has 0 aliphatic carbocycles. The van der Waals surface area contributed by atoms with Gasteiger partial charge in [0.25, 0.3) is 0 Å². The van der Waals surface area contributed by atoms with Crippen LogP contribution in [0.5, 0.6) is 5.75 Å². The van der Waals surface area contributed by atoms with E-state index < -0.39 is 0 Å². The fourth-order valence-corrected chi connectivity index (χ4v) is 1.19. The summed E-state index contributed by atoms with van der Waals surface area (Å²) < 4.78 is 8.01. The van der Waals surface area contributed by atoms with E-state index >= 15 is 0 Å². The Labute approximate surface area is 57.6 Å². The number of fused-ring (bicyclic) bond motifs is 1. The van der Waals surface area contributed by atoms with Gasteiger partial charge in [-0.15, -0.1) is 0 Å². The lowest BCUT2D eigenvalue weighted by Crippen LogP contribution is -1.73. The van der Waals surface area contributed by atoms with E-state index in [2.05, 4.69) is 10.8 Å². The molecule has 1 aliphatic rings. The summed E-state index contributed by atoms with van der Waals surface area (Å²) in [5.74, 6) is 0.863. The molecule has 1 aromatic carbocycles. The van der Waals surface area contributed by atoms with Gasteiger partial charge >= 0.3 is 0 Å². The number of rotatable bonds is 0. The quantitative estimate of drug-likeness (QED) is 0.436. The first-order valence-electron chi connectivity index (χ1n) is 2.57. The van der Waals surface area contributed by atoms with Gasteiger partial charge in [-0.25, -0.2) is 0 Å². The Morgan fingerprint density at radius 1 is 1.67 bits per heavy atom. The van der Waals surface area contributed by atoms with Gasteiger partial charge in [0.1, 0.15) is 0 Å². The molecule has 1 aliphatic heterocycles. The number of anilines is 1. The van der Waals surface area contributed by atoms with Gasteiger partial charge in [0, 0.05) is 6.07 Å². The van der Waals surface area contributed by atoms with Crippen LogP contribution >= 0.6 is 12.2 Å². The molecule has 0 atom stereocenters. The highest BCUT2D eigenvalue weighted by molar-refractivity contribution is 7.96. The van der Waals surface area contributed by atoms with Crippen LogP contribution in [0.25, 0.3) is 0 Å². The molecule has 0 fully saturated rings. The van der Waals surface area contributed by atoms with Crippen LogP contribution in [0.1, 0.15) is 0 Å². The third-order valence-electron chi connectivity index (χ3n) is 1.09. The highest BCUT2D eigenvalue weighted by Crippen LogP contribution is 2.33. The molecule has 1 aromatic rings. The van der Waals surface area contributed by atoms with Crippen molar-refractivity contribution in [2.45, 2.75) is 0 Å². The first kappa shape index (κ1) is 4.99. The lowest BCUT2D eigenvalue weighted by Gasteiger charge is -1.88. The summed E-state index contributed by atoms with van der Waals surface area (Å²) in [7, 11) is 0. The number of benzene rings is 1. The van der Waals surface area contributed by atoms with Gasteiger partial charge < -0.3 is 4.18 Å². The second-order valence-electron chi connectivity index (χ2n) is 1.68. The highest BCUT2D eigenvalue weighted by atomic mass is 32.2. The van der Waals surface area contributed by atoms with Gasteiger partial charge in [-0.3, -0.25) is 4.72 Å². The summed E-state index contributed by atoms with van der Waals surface area (Å²) in [6.07, 6.45) is 0. The van der Waals surface area contributed by atoms with Crippen molar-refractivity contribution < 1.29 is 4.18 Å². The average molecular weight is 138 g/mol. The molecular weight excluding hydrogens is 134 g/mol. The number of hydrogen-bond acceptors (Lipinski definition) is 3. The summed E-state index contributed by atoms with van der Waals surface area (Å²) in [5.41, 5.74) is 0.933. The van der Waals surface area contributed by atoms with E-state index in [9.17, 15) is 0 Å². The topological polar surface area (TPSA) is 21.3 Å². The van der Waals surface area contributed by atoms with E-state index in [1.165, 1.54) is 12.2 Å². The Bertz CT molecular complexity index is 203. The molecule has 0 aromatic heterocycles. The molecule has 0 bridgehead atoms. The van der Waals surface area contributed by atoms with Crippen LogP contribution in [0, 0.1) is 6.07 Å². The summed E-state index contributed by atoms with van der Waals surface area (Å²) >= 11 is 1.22. The molecule has 0 saturated carbocycles. The van der Waals surface area contributed by atoms with Gasteiger partial charge in [-0.05, 0) is 6.07 Å². The van der Waals surface area contributed by atoms with E-state index in [0.717, 1.165) is 11.4 Å². The summed E-state index contributed by atoms with van der Waals surface area (Å²) in [6.45, 7) is 0. The average Bonchev–Trinajstić information content (AvgIpc) is 2.33. The molecule has 0 saturated heterocycles. The van der Waals surface area contributed by atoms with Gasteiger partial charge in [0.15, 0.2) is 18.0 Å². The molecule has 1 N–H and O–H groups in total. The van der Waals surface area contributed by atoms with Crippen molar-refractivity contribution in [1.29, 1.82) is 0 Å². The Balaban J connectivity index is 2.54. The highest BCUT2D eigenvalue weighted by Gasteiger charge is 2.09. The van der Waals surface area contributed by atoms with E-state index in [0.29, 0.717) is 0 Å². The van der Waals surface area contributed by atoms with Gasteiger partial charge in [-0.1, -0.05) is 12.1 Å². The first-order chi connectivity index (χ1) is 4.47. The van der Waals surface area contributed by atoms with Crippen LogP contribution in [0.3, 0.4) is 0 Å². The molecule has 1 heterocycles. The van der Waals surface area contributed by atoms with E-state index in [-0.39, 0.29) is 0 Å². The Kier molecular flexibility index (Phi) is 1.02. The zero-order valence-corrected chi connectivity index (χ0v) is 5.37. The van der Waals surface area contributed by atoms with Crippen molar-refractivity contribution in [3.05, 3.63) is 24.3 Å². The van der Waals surface area contributed by atoms with E-state index in [1.807, 2.05) is 18.2 Å². The SMILES string of the molecule is [c]1cccc2c1NSO2. The van der Waals surface area contributed by atoms with Crippen LogP contribution in [-0.4, -0.2) is 0 Å². The minimum absolute atomic E-state index is 0.863. The zero-order chi connectivity index (χ0) is 6.10.